The highest BCUT2D eigenvalue weighted by atomic mass is 15.1. The van der Waals surface area contributed by atoms with Gasteiger partial charge in [0.05, 0.1) is 11.0 Å². The molecule has 3 aromatic rings. The number of benzene rings is 2. The SMILES string of the molecule is c1cc2cc3ccc(N4CCCC4)cc3nc2cc1N1CCCC1. The molecular formula is C21H23N3. The van der Waals surface area contributed by atoms with Crippen LogP contribution in [0.1, 0.15) is 25.7 Å². The van der Waals surface area contributed by atoms with Crippen LogP contribution in [0, 0.1) is 0 Å². The van der Waals surface area contributed by atoms with E-state index in [0.717, 1.165) is 11.0 Å². The molecule has 2 aliphatic rings. The lowest BCUT2D eigenvalue weighted by atomic mass is 10.1. The lowest BCUT2D eigenvalue weighted by Gasteiger charge is -2.19. The van der Waals surface area contributed by atoms with Gasteiger partial charge in [0.1, 0.15) is 0 Å². The van der Waals surface area contributed by atoms with Gasteiger partial charge < -0.3 is 9.80 Å². The van der Waals surface area contributed by atoms with Crippen molar-refractivity contribution < 1.29 is 0 Å². The fraction of sp³-hybridized carbons (Fsp3) is 0.381. The van der Waals surface area contributed by atoms with Crippen molar-refractivity contribution >= 4 is 33.2 Å². The normalized spacial score (nSPS) is 18.2. The molecule has 0 atom stereocenters. The van der Waals surface area contributed by atoms with Gasteiger partial charge in [-0.3, -0.25) is 0 Å². The minimum atomic E-state index is 1.12. The number of fused-ring (bicyclic) bond motifs is 2. The topological polar surface area (TPSA) is 19.4 Å². The van der Waals surface area contributed by atoms with Crippen LogP contribution in [0.5, 0.6) is 0 Å². The Hall–Kier alpha value is -2.29. The molecule has 0 N–H and O–H groups in total. The Kier molecular flexibility index (Phi) is 3.32. The summed E-state index contributed by atoms with van der Waals surface area (Å²) in [5, 5.41) is 2.47. The summed E-state index contributed by atoms with van der Waals surface area (Å²) in [5.41, 5.74) is 4.88. The second-order valence-corrected chi connectivity index (χ2v) is 7.13. The van der Waals surface area contributed by atoms with E-state index in [1.54, 1.807) is 0 Å². The zero-order chi connectivity index (χ0) is 15.9. The molecule has 2 aromatic carbocycles. The highest BCUT2D eigenvalue weighted by Gasteiger charge is 2.14. The third-order valence-electron chi connectivity index (χ3n) is 5.52. The predicted molar refractivity (Wildman–Crippen MR) is 102 cm³/mol. The van der Waals surface area contributed by atoms with E-state index in [1.165, 1.54) is 74.0 Å². The Morgan fingerprint density at radius 1 is 0.583 bits per heavy atom. The first-order chi connectivity index (χ1) is 11.9. The van der Waals surface area contributed by atoms with Gasteiger partial charge in [-0.25, -0.2) is 4.98 Å². The molecule has 3 heterocycles. The molecule has 3 nitrogen and oxygen atoms in total. The van der Waals surface area contributed by atoms with Crippen LogP contribution in [0.15, 0.2) is 42.5 Å². The summed E-state index contributed by atoms with van der Waals surface area (Å²) >= 11 is 0. The van der Waals surface area contributed by atoms with E-state index < -0.39 is 0 Å². The Labute approximate surface area is 142 Å². The summed E-state index contributed by atoms with van der Waals surface area (Å²) in [4.78, 5) is 9.94. The molecule has 2 saturated heterocycles. The monoisotopic (exact) mass is 317 g/mol. The third-order valence-corrected chi connectivity index (χ3v) is 5.52. The molecule has 24 heavy (non-hydrogen) atoms. The summed E-state index contributed by atoms with van der Waals surface area (Å²) in [6.07, 6.45) is 5.23. The molecule has 0 amide bonds. The molecule has 0 unspecified atom stereocenters. The Morgan fingerprint density at radius 2 is 1.04 bits per heavy atom. The molecule has 3 heteroatoms. The van der Waals surface area contributed by atoms with Crippen LogP contribution in [0.2, 0.25) is 0 Å². The van der Waals surface area contributed by atoms with Gasteiger partial charge in [0.25, 0.3) is 0 Å². The van der Waals surface area contributed by atoms with Crippen molar-refractivity contribution in [1.29, 1.82) is 0 Å². The van der Waals surface area contributed by atoms with Crippen LogP contribution >= 0.6 is 0 Å². The smallest absolute Gasteiger partial charge is 0.0730 e. The quantitative estimate of drug-likeness (QED) is 0.645. The predicted octanol–water partition coefficient (Wildman–Crippen LogP) is 4.59. The van der Waals surface area contributed by atoms with E-state index in [4.69, 9.17) is 4.98 Å². The number of nitrogens with zero attached hydrogens (tertiary/aromatic N) is 3. The minimum absolute atomic E-state index is 1.12. The van der Waals surface area contributed by atoms with Crippen LogP contribution in [-0.4, -0.2) is 31.2 Å². The average molecular weight is 317 g/mol. The number of anilines is 2. The van der Waals surface area contributed by atoms with Crippen molar-refractivity contribution in [1.82, 2.24) is 4.98 Å². The Balaban J connectivity index is 1.59. The summed E-state index contributed by atoms with van der Waals surface area (Å²) < 4.78 is 0. The fourth-order valence-corrected chi connectivity index (χ4v) is 4.14. The van der Waals surface area contributed by atoms with E-state index >= 15 is 0 Å². The van der Waals surface area contributed by atoms with E-state index in [0.29, 0.717) is 0 Å². The van der Waals surface area contributed by atoms with Crippen molar-refractivity contribution in [3.05, 3.63) is 42.5 Å². The molecule has 5 rings (SSSR count). The first kappa shape index (κ1) is 14.1. The molecular weight excluding hydrogens is 294 g/mol. The zero-order valence-corrected chi connectivity index (χ0v) is 14.0. The summed E-state index contributed by atoms with van der Waals surface area (Å²) in [6, 6.07) is 15.8. The molecule has 0 aliphatic carbocycles. The lowest BCUT2D eigenvalue weighted by molar-refractivity contribution is 0.949. The fourth-order valence-electron chi connectivity index (χ4n) is 4.14. The Bertz CT molecular complexity index is 819. The van der Waals surface area contributed by atoms with Crippen LogP contribution in [0.3, 0.4) is 0 Å². The number of rotatable bonds is 2. The van der Waals surface area contributed by atoms with E-state index in [2.05, 4.69) is 52.3 Å². The van der Waals surface area contributed by atoms with Gasteiger partial charge >= 0.3 is 0 Å². The highest BCUT2D eigenvalue weighted by molar-refractivity contribution is 5.95. The van der Waals surface area contributed by atoms with E-state index in [9.17, 15) is 0 Å². The largest absolute Gasteiger partial charge is 0.371 e. The van der Waals surface area contributed by atoms with Crippen molar-refractivity contribution in [2.75, 3.05) is 36.0 Å². The summed E-state index contributed by atoms with van der Waals surface area (Å²) in [5.74, 6) is 0. The zero-order valence-electron chi connectivity index (χ0n) is 14.0. The number of hydrogen-bond acceptors (Lipinski definition) is 3. The molecule has 2 fully saturated rings. The van der Waals surface area contributed by atoms with Crippen LogP contribution < -0.4 is 9.80 Å². The maximum absolute atomic E-state index is 4.99. The number of pyridine rings is 1. The maximum atomic E-state index is 4.99. The van der Waals surface area contributed by atoms with E-state index in [1.807, 2.05) is 0 Å². The second kappa shape index (κ2) is 5.66. The molecule has 1 aromatic heterocycles. The first-order valence-corrected chi connectivity index (χ1v) is 9.21. The molecule has 0 radical (unpaired) electrons. The lowest BCUT2D eigenvalue weighted by Crippen LogP contribution is -2.17. The first-order valence-electron chi connectivity index (χ1n) is 9.21. The molecule has 0 saturated carbocycles. The van der Waals surface area contributed by atoms with Gasteiger partial charge in [0, 0.05) is 48.3 Å². The van der Waals surface area contributed by atoms with Gasteiger partial charge in [-0.05, 0) is 56.0 Å². The molecule has 0 bridgehead atoms. The van der Waals surface area contributed by atoms with Crippen LogP contribution in [0.4, 0.5) is 11.4 Å². The maximum Gasteiger partial charge on any atom is 0.0730 e. The van der Waals surface area contributed by atoms with Crippen molar-refractivity contribution in [2.24, 2.45) is 0 Å². The van der Waals surface area contributed by atoms with Gasteiger partial charge in [0.2, 0.25) is 0 Å². The third kappa shape index (κ3) is 2.39. The molecule has 0 spiro atoms. The van der Waals surface area contributed by atoms with Crippen molar-refractivity contribution in [3.63, 3.8) is 0 Å². The summed E-state index contributed by atoms with van der Waals surface area (Å²) in [7, 11) is 0. The van der Waals surface area contributed by atoms with Crippen molar-refractivity contribution in [3.8, 4) is 0 Å². The molecule has 2 aliphatic heterocycles. The second-order valence-electron chi connectivity index (χ2n) is 7.13. The number of aromatic nitrogens is 1. The van der Waals surface area contributed by atoms with E-state index in [-0.39, 0.29) is 0 Å². The molecule has 122 valence electrons. The minimum Gasteiger partial charge on any atom is -0.371 e. The summed E-state index contributed by atoms with van der Waals surface area (Å²) in [6.45, 7) is 4.72. The van der Waals surface area contributed by atoms with Gasteiger partial charge in [0.15, 0.2) is 0 Å². The standard InChI is InChI=1S/C21H23N3/c1-2-10-23(9-1)18-7-5-16-13-17-6-8-19(24-11-3-4-12-24)15-21(17)22-20(16)14-18/h5-8,13-15H,1-4,9-12H2. The van der Waals surface area contributed by atoms with Crippen LogP contribution in [0.25, 0.3) is 21.8 Å². The van der Waals surface area contributed by atoms with Gasteiger partial charge in [-0.2, -0.15) is 0 Å². The average Bonchev–Trinajstić information content (AvgIpc) is 3.32. The van der Waals surface area contributed by atoms with Crippen molar-refractivity contribution in [2.45, 2.75) is 25.7 Å². The van der Waals surface area contributed by atoms with Crippen LogP contribution in [-0.2, 0) is 0 Å². The van der Waals surface area contributed by atoms with Gasteiger partial charge in [-0.15, -0.1) is 0 Å². The van der Waals surface area contributed by atoms with Gasteiger partial charge in [-0.1, -0.05) is 12.1 Å². The highest BCUT2D eigenvalue weighted by Crippen LogP contribution is 2.29. The number of hydrogen-bond donors (Lipinski definition) is 0. The Morgan fingerprint density at radius 3 is 1.50 bits per heavy atom.